The maximum atomic E-state index is 14.6. The van der Waals surface area contributed by atoms with Crippen LogP contribution in [0.1, 0.15) is 21.5 Å². The zero-order valence-corrected chi connectivity index (χ0v) is 15.5. The number of rotatable bonds is 4. The Hall–Kier alpha value is -2.97. The largest absolute Gasteiger partial charge is 0.378 e. The molecule has 0 radical (unpaired) electrons. The van der Waals surface area contributed by atoms with Crippen LogP contribution in [-0.2, 0) is 11.3 Å². The Kier molecular flexibility index (Phi) is 6.23. The fourth-order valence-corrected chi connectivity index (χ4v) is 3.02. The second-order valence-electron chi connectivity index (χ2n) is 6.56. The molecular weight excluding hydrogens is 365 g/mol. The molecule has 1 saturated heterocycles. The first-order valence-corrected chi connectivity index (χ1v) is 8.93. The SMILES string of the molecule is Cc1ccc(N(Cc2ccc(C(=O)NO)cc2)C(=O)N2CCOCC2)c(F)c1. The predicted molar refractivity (Wildman–Crippen MR) is 101 cm³/mol. The zero-order valence-electron chi connectivity index (χ0n) is 15.5. The molecule has 3 rings (SSSR count). The van der Waals surface area contributed by atoms with Crippen molar-refractivity contribution in [3.63, 3.8) is 0 Å². The fourth-order valence-electron chi connectivity index (χ4n) is 3.02. The topological polar surface area (TPSA) is 82.1 Å². The zero-order chi connectivity index (χ0) is 20.1. The highest BCUT2D eigenvalue weighted by Gasteiger charge is 2.26. The minimum absolute atomic E-state index is 0.136. The molecule has 7 nitrogen and oxygen atoms in total. The molecule has 0 unspecified atom stereocenters. The molecule has 8 heteroatoms. The highest BCUT2D eigenvalue weighted by atomic mass is 19.1. The lowest BCUT2D eigenvalue weighted by Gasteiger charge is -2.33. The molecule has 2 aromatic carbocycles. The minimum atomic E-state index is -0.627. The van der Waals surface area contributed by atoms with Crippen LogP contribution in [0.25, 0.3) is 0 Å². The molecule has 2 aromatic rings. The van der Waals surface area contributed by atoms with Crippen molar-refractivity contribution in [1.29, 1.82) is 0 Å². The van der Waals surface area contributed by atoms with E-state index in [4.69, 9.17) is 9.94 Å². The van der Waals surface area contributed by atoms with Gasteiger partial charge in [0.25, 0.3) is 5.91 Å². The van der Waals surface area contributed by atoms with E-state index >= 15 is 0 Å². The summed E-state index contributed by atoms with van der Waals surface area (Å²) in [6.07, 6.45) is 0. The summed E-state index contributed by atoms with van der Waals surface area (Å²) in [5.41, 5.74) is 3.52. The lowest BCUT2D eigenvalue weighted by atomic mass is 10.1. The molecule has 0 spiro atoms. The Morgan fingerprint density at radius 1 is 1.18 bits per heavy atom. The van der Waals surface area contributed by atoms with Crippen LogP contribution in [0.5, 0.6) is 0 Å². The molecule has 148 valence electrons. The number of urea groups is 1. The second kappa shape index (κ2) is 8.81. The Balaban J connectivity index is 1.89. The van der Waals surface area contributed by atoms with Gasteiger partial charge in [-0.25, -0.2) is 14.7 Å². The molecule has 1 aliphatic rings. The quantitative estimate of drug-likeness (QED) is 0.624. The molecule has 1 aliphatic heterocycles. The van der Waals surface area contributed by atoms with Gasteiger partial charge in [0.15, 0.2) is 0 Å². The van der Waals surface area contributed by atoms with Gasteiger partial charge in [-0.3, -0.25) is 14.9 Å². The van der Waals surface area contributed by atoms with E-state index in [9.17, 15) is 14.0 Å². The van der Waals surface area contributed by atoms with Crippen LogP contribution in [0.2, 0.25) is 0 Å². The summed E-state index contributed by atoms with van der Waals surface area (Å²) in [5.74, 6) is -1.10. The van der Waals surface area contributed by atoms with E-state index < -0.39 is 11.7 Å². The van der Waals surface area contributed by atoms with E-state index in [0.717, 1.165) is 11.1 Å². The Morgan fingerprint density at radius 2 is 1.86 bits per heavy atom. The van der Waals surface area contributed by atoms with Crippen LogP contribution in [-0.4, -0.2) is 48.3 Å². The number of benzene rings is 2. The standard InChI is InChI=1S/C20H22FN3O4/c1-14-2-7-18(17(21)12-14)24(20(26)23-8-10-28-11-9-23)13-15-3-5-16(6-4-15)19(25)22-27/h2-7,12,27H,8-11,13H2,1H3,(H,22,25). The van der Waals surface area contributed by atoms with Gasteiger partial charge in [0.05, 0.1) is 25.4 Å². The summed E-state index contributed by atoms with van der Waals surface area (Å²) >= 11 is 0. The second-order valence-corrected chi connectivity index (χ2v) is 6.56. The number of nitrogens with one attached hydrogen (secondary N) is 1. The number of hydrogen-bond donors (Lipinski definition) is 2. The average molecular weight is 387 g/mol. The van der Waals surface area contributed by atoms with Crippen LogP contribution in [0.4, 0.5) is 14.9 Å². The number of amides is 3. The molecule has 0 atom stereocenters. The van der Waals surface area contributed by atoms with E-state index in [2.05, 4.69) is 0 Å². The minimum Gasteiger partial charge on any atom is -0.378 e. The van der Waals surface area contributed by atoms with Crippen molar-refractivity contribution in [2.45, 2.75) is 13.5 Å². The van der Waals surface area contributed by atoms with Gasteiger partial charge in [0.2, 0.25) is 0 Å². The molecule has 0 bridgehead atoms. The summed E-state index contributed by atoms with van der Waals surface area (Å²) in [6, 6.07) is 10.8. The van der Waals surface area contributed by atoms with Crippen LogP contribution < -0.4 is 10.4 Å². The highest BCUT2D eigenvalue weighted by molar-refractivity contribution is 5.94. The van der Waals surface area contributed by atoms with Crippen LogP contribution in [0, 0.1) is 12.7 Å². The van der Waals surface area contributed by atoms with Crippen molar-refractivity contribution in [1.82, 2.24) is 10.4 Å². The molecule has 3 amide bonds. The molecule has 0 aliphatic carbocycles. The first-order valence-electron chi connectivity index (χ1n) is 8.93. The van der Waals surface area contributed by atoms with Gasteiger partial charge in [-0.1, -0.05) is 18.2 Å². The molecule has 0 aromatic heterocycles. The van der Waals surface area contributed by atoms with Gasteiger partial charge in [-0.15, -0.1) is 0 Å². The van der Waals surface area contributed by atoms with Gasteiger partial charge < -0.3 is 9.64 Å². The van der Waals surface area contributed by atoms with Crippen LogP contribution >= 0.6 is 0 Å². The van der Waals surface area contributed by atoms with E-state index in [-0.39, 0.29) is 23.8 Å². The number of morpholine rings is 1. The van der Waals surface area contributed by atoms with E-state index in [1.54, 1.807) is 41.6 Å². The number of hydroxylamine groups is 1. The lowest BCUT2D eigenvalue weighted by Crippen LogP contribution is -2.48. The van der Waals surface area contributed by atoms with Crippen molar-refractivity contribution in [3.8, 4) is 0 Å². The normalized spacial score (nSPS) is 13.9. The van der Waals surface area contributed by atoms with Gasteiger partial charge in [-0.2, -0.15) is 0 Å². The third-order valence-electron chi connectivity index (χ3n) is 4.56. The first kappa shape index (κ1) is 19.8. The summed E-state index contributed by atoms with van der Waals surface area (Å²) in [7, 11) is 0. The lowest BCUT2D eigenvalue weighted by molar-refractivity contribution is 0.0547. The molecule has 1 fully saturated rings. The predicted octanol–water partition coefficient (Wildman–Crippen LogP) is 2.71. The number of carbonyl (C=O) groups is 2. The molecular formula is C20H22FN3O4. The molecule has 28 heavy (non-hydrogen) atoms. The Bertz CT molecular complexity index is 851. The van der Waals surface area contributed by atoms with Crippen molar-refractivity contribution < 1.29 is 23.9 Å². The highest BCUT2D eigenvalue weighted by Crippen LogP contribution is 2.24. The summed E-state index contributed by atoms with van der Waals surface area (Å²) in [6.45, 7) is 3.70. The fraction of sp³-hybridized carbons (Fsp3) is 0.300. The number of carbonyl (C=O) groups excluding carboxylic acids is 2. The summed E-state index contributed by atoms with van der Waals surface area (Å²) in [5, 5.41) is 8.71. The van der Waals surface area contributed by atoms with Gasteiger partial charge in [0, 0.05) is 18.7 Å². The van der Waals surface area contributed by atoms with E-state index in [1.165, 1.54) is 23.1 Å². The number of halogens is 1. The number of ether oxygens (including phenoxy) is 1. The third-order valence-corrected chi connectivity index (χ3v) is 4.56. The Labute approximate surface area is 162 Å². The van der Waals surface area contributed by atoms with Crippen molar-refractivity contribution in [2.24, 2.45) is 0 Å². The van der Waals surface area contributed by atoms with Gasteiger partial charge >= 0.3 is 6.03 Å². The third kappa shape index (κ3) is 4.47. The van der Waals surface area contributed by atoms with E-state index in [0.29, 0.717) is 26.3 Å². The van der Waals surface area contributed by atoms with Gasteiger partial charge in [0.1, 0.15) is 5.82 Å². The number of nitrogens with zero attached hydrogens (tertiary/aromatic N) is 2. The smallest absolute Gasteiger partial charge is 0.325 e. The number of anilines is 1. The van der Waals surface area contributed by atoms with Crippen molar-refractivity contribution >= 4 is 17.6 Å². The first-order chi connectivity index (χ1) is 13.5. The maximum absolute atomic E-state index is 14.6. The number of hydrogen-bond acceptors (Lipinski definition) is 4. The summed E-state index contributed by atoms with van der Waals surface area (Å²) in [4.78, 5) is 27.6. The molecule has 0 saturated carbocycles. The summed E-state index contributed by atoms with van der Waals surface area (Å²) < 4.78 is 19.9. The van der Waals surface area contributed by atoms with Crippen molar-refractivity contribution in [2.75, 3.05) is 31.2 Å². The molecule has 2 N–H and O–H groups in total. The monoisotopic (exact) mass is 387 g/mol. The van der Waals surface area contributed by atoms with E-state index in [1.807, 2.05) is 0 Å². The van der Waals surface area contributed by atoms with Crippen LogP contribution in [0.15, 0.2) is 42.5 Å². The van der Waals surface area contributed by atoms with Crippen molar-refractivity contribution in [3.05, 3.63) is 65.0 Å². The maximum Gasteiger partial charge on any atom is 0.325 e. The van der Waals surface area contributed by atoms with Gasteiger partial charge in [-0.05, 0) is 42.3 Å². The Morgan fingerprint density at radius 3 is 2.46 bits per heavy atom. The molecule has 1 heterocycles. The van der Waals surface area contributed by atoms with Crippen LogP contribution in [0.3, 0.4) is 0 Å². The average Bonchev–Trinajstić information content (AvgIpc) is 2.72. The number of aryl methyl sites for hydroxylation is 1.